The summed E-state index contributed by atoms with van der Waals surface area (Å²) in [6.45, 7) is 5.01. The van der Waals surface area contributed by atoms with Crippen LogP contribution in [-0.2, 0) is 6.42 Å². The highest BCUT2D eigenvalue weighted by Crippen LogP contribution is 2.39. The molecule has 0 radical (unpaired) electrons. The van der Waals surface area contributed by atoms with Crippen LogP contribution in [0.5, 0.6) is 17.2 Å². The number of nitrogen functional groups attached to an aromatic ring is 2. The number of hydrogen-bond donors (Lipinski definition) is 4. The Labute approximate surface area is 211 Å². The maximum Gasteiger partial charge on any atom is 0.251 e. The Morgan fingerprint density at radius 1 is 1.06 bits per heavy atom. The van der Waals surface area contributed by atoms with E-state index in [9.17, 15) is 4.79 Å². The van der Waals surface area contributed by atoms with Crippen molar-refractivity contribution in [1.29, 1.82) is 0 Å². The average molecular weight is 495 g/mol. The molecule has 1 aromatic heterocycles. The predicted octanol–water partition coefficient (Wildman–Crippen LogP) is 3.27. The van der Waals surface area contributed by atoms with Crippen LogP contribution in [0, 0.1) is 0 Å². The Hall–Kier alpha value is -4.21. The van der Waals surface area contributed by atoms with Gasteiger partial charge >= 0.3 is 0 Å². The van der Waals surface area contributed by atoms with Crippen LogP contribution < -0.4 is 36.3 Å². The molecule has 0 aliphatic carbocycles. The lowest BCUT2D eigenvalue weighted by Gasteiger charge is -2.17. The predicted molar refractivity (Wildman–Crippen MR) is 141 cm³/mol. The lowest BCUT2D eigenvalue weighted by molar-refractivity contribution is 0.0943. The van der Waals surface area contributed by atoms with E-state index >= 15 is 0 Å². The van der Waals surface area contributed by atoms with E-state index in [0.29, 0.717) is 48.2 Å². The molecule has 0 fully saturated rings. The summed E-state index contributed by atoms with van der Waals surface area (Å²) >= 11 is 0. The highest BCUT2D eigenvalue weighted by atomic mass is 16.5. The van der Waals surface area contributed by atoms with Gasteiger partial charge in [-0.1, -0.05) is 0 Å². The number of carbonyl (C=O) groups is 1. The van der Waals surface area contributed by atoms with Gasteiger partial charge in [0.05, 0.1) is 20.8 Å². The lowest BCUT2D eigenvalue weighted by atomic mass is 10.1. The number of rotatable bonds is 12. The number of nitrogens with two attached hydrogens (primary N) is 2. The molecule has 0 saturated carbocycles. The van der Waals surface area contributed by atoms with Crippen LogP contribution in [0.3, 0.4) is 0 Å². The number of ether oxygens (including phenoxy) is 3. The van der Waals surface area contributed by atoms with E-state index in [1.807, 2.05) is 38.1 Å². The number of nitrogens with zero attached hydrogens (tertiary/aromatic N) is 2. The highest BCUT2D eigenvalue weighted by Gasteiger charge is 2.16. The van der Waals surface area contributed by atoms with Gasteiger partial charge in [0.15, 0.2) is 11.5 Å². The standard InChI is InChI=1S/C26H34N6O4/c1-16(2)31-25(33)18-6-8-20(9-7-18)29-10-5-11-36-23-21(34-3)13-17(14-22(23)35-4)12-19-15-30-26(28)32-24(19)27/h6-9,13-16,29H,5,10-12H2,1-4H3,(H,31,33)(H4,27,28,30,32). The molecule has 0 unspecified atom stereocenters. The van der Waals surface area contributed by atoms with Gasteiger partial charge in [-0.15, -0.1) is 0 Å². The summed E-state index contributed by atoms with van der Waals surface area (Å²) in [6.07, 6.45) is 2.84. The monoisotopic (exact) mass is 494 g/mol. The van der Waals surface area contributed by atoms with E-state index in [4.69, 9.17) is 25.7 Å². The lowest BCUT2D eigenvalue weighted by Crippen LogP contribution is -2.29. The zero-order valence-corrected chi connectivity index (χ0v) is 21.1. The number of anilines is 3. The first-order chi connectivity index (χ1) is 17.3. The van der Waals surface area contributed by atoms with Crippen molar-refractivity contribution in [3.8, 4) is 17.2 Å². The maximum absolute atomic E-state index is 12.1. The van der Waals surface area contributed by atoms with Crippen molar-refractivity contribution in [2.75, 3.05) is 44.2 Å². The molecule has 36 heavy (non-hydrogen) atoms. The van der Waals surface area contributed by atoms with E-state index in [1.54, 1.807) is 32.5 Å². The molecular weight excluding hydrogens is 460 g/mol. The van der Waals surface area contributed by atoms with Crippen LogP contribution in [0.1, 0.15) is 41.8 Å². The quantitative estimate of drug-likeness (QED) is 0.279. The topological polar surface area (TPSA) is 147 Å². The summed E-state index contributed by atoms with van der Waals surface area (Å²) in [7, 11) is 3.16. The number of benzene rings is 2. The van der Waals surface area contributed by atoms with E-state index in [2.05, 4.69) is 20.6 Å². The molecule has 0 spiro atoms. The third kappa shape index (κ3) is 7.14. The number of methoxy groups -OCH3 is 2. The minimum absolute atomic E-state index is 0.0795. The second-order valence-electron chi connectivity index (χ2n) is 8.48. The van der Waals surface area contributed by atoms with Crippen molar-refractivity contribution in [2.24, 2.45) is 0 Å². The number of aromatic nitrogens is 2. The number of carbonyl (C=O) groups excluding carboxylic acids is 1. The largest absolute Gasteiger partial charge is 0.493 e. The van der Waals surface area contributed by atoms with Gasteiger partial charge in [-0.2, -0.15) is 4.98 Å². The number of amides is 1. The Bertz CT molecular complexity index is 1140. The van der Waals surface area contributed by atoms with Crippen LogP contribution in [0.4, 0.5) is 17.5 Å². The minimum atomic E-state index is -0.0795. The van der Waals surface area contributed by atoms with Crippen molar-refractivity contribution in [1.82, 2.24) is 15.3 Å². The fourth-order valence-electron chi connectivity index (χ4n) is 3.53. The molecule has 0 aliphatic heterocycles. The summed E-state index contributed by atoms with van der Waals surface area (Å²) in [5.74, 6) is 2.04. The molecular formula is C26H34N6O4. The summed E-state index contributed by atoms with van der Waals surface area (Å²) in [5.41, 5.74) is 14.8. The van der Waals surface area contributed by atoms with Gasteiger partial charge in [0.1, 0.15) is 5.82 Å². The second-order valence-corrected chi connectivity index (χ2v) is 8.48. The molecule has 0 atom stereocenters. The zero-order valence-electron chi connectivity index (χ0n) is 21.1. The van der Waals surface area contributed by atoms with E-state index in [-0.39, 0.29) is 17.9 Å². The van der Waals surface area contributed by atoms with E-state index in [1.165, 1.54) is 0 Å². The van der Waals surface area contributed by atoms with Crippen molar-refractivity contribution in [3.63, 3.8) is 0 Å². The van der Waals surface area contributed by atoms with E-state index < -0.39 is 0 Å². The molecule has 3 aromatic rings. The SMILES string of the molecule is COc1cc(Cc2cnc(N)nc2N)cc(OC)c1OCCCNc1ccc(C(=O)NC(C)C)cc1. The van der Waals surface area contributed by atoms with Crippen molar-refractivity contribution in [3.05, 3.63) is 59.3 Å². The highest BCUT2D eigenvalue weighted by molar-refractivity contribution is 5.94. The van der Waals surface area contributed by atoms with Gasteiger partial charge in [0.25, 0.3) is 5.91 Å². The second kappa shape index (κ2) is 12.5. The fourth-order valence-corrected chi connectivity index (χ4v) is 3.53. The molecule has 10 heteroatoms. The number of nitrogens with one attached hydrogen (secondary N) is 2. The molecule has 1 amide bonds. The first kappa shape index (κ1) is 26.4. The zero-order chi connectivity index (χ0) is 26.1. The first-order valence-corrected chi connectivity index (χ1v) is 11.7. The molecule has 0 bridgehead atoms. The molecule has 192 valence electrons. The first-order valence-electron chi connectivity index (χ1n) is 11.7. The minimum Gasteiger partial charge on any atom is -0.493 e. The van der Waals surface area contributed by atoms with Gasteiger partial charge < -0.3 is 36.3 Å². The van der Waals surface area contributed by atoms with Crippen LogP contribution in [0.2, 0.25) is 0 Å². The maximum atomic E-state index is 12.1. The molecule has 6 N–H and O–H groups in total. The summed E-state index contributed by atoms with van der Waals surface area (Å²) < 4.78 is 17.1. The molecule has 2 aromatic carbocycles. The number of hydrogen-bond acceptors (Lipinski definition) is 9. The Balaban J connectivity index is 1.56. The van der Waals surface area contributed by atoms with Crippen molar-refractivity contribution >= 4 is 23.4 Å². The van der Waals surface area contributed by atoms with Crippen molar-refractivity contribution in [2.45, 2.75) is 32.7 Å². The Kier molecular flexibility index (Phi) is 9.15. The summed E-state index contributed by atoms with van der Waals surface area (Å²) in [5, 5.41) is 6.21. The third-order valence-corrected chi connectivity index (χ3v) is 5.30. The summed E-state index contributed by atoms with van der Waals surface area (Å²) in [4.78, 5) is 20.1. The normalized spacial score (nSPS) is 10.7. The van der Waals surface area contributed by atoms with Gasteiger partial charge in [0, 0.05) is 42.0 Å². The van der Waals surface area contributed by atoms with E-state index in [0.717, 1.165) is 23.2 Å². The molecule has 10 nitrogen and oxygen atoms in total. The Morgan fingerprint density at radius 2 is 1.72 bits per heavy atom. The van der Waals surface area contributed by atoms with Crippen LogP contribution in [0.25, 0.3) is 0 Å². The Morgan fingerprint density at radius 3 is 2.31 bits per heavy atom. The summed E-state index contributed by atoms with van der Waals surface area (Å²) in [6, 6.07) is 11.2. The molecule has 1 heterocycles. The third-order valence-electron chi connectivity index (χ3n) is 5.30. The van der Waals surface area contributed by atoms with Crippen LogP contribution >= 0.6 is 0 Å². The van der Waals surface area contributed by atoms with Crippen LogP contribution in [-0.4, -0.2) is 49.3 Å². The molecule has 0 aliphatic rings. The fraction of sp³-hybridized carbons (Fsp3) is 0.346. The van der Waals surface area contributed by atoms with Gasteiger partial charge in [-0.05, 0) is 62.2 Å². The van der Waals surface area contributed by atoms with Gasteiger partial charge in [-0.3, -0.25) is 4.79 Å². The van der Waals surface area contributed by atoms with Crippen LogP contribution in [0.15, 0.2) is 42.6 Å². The van der Waals surface area contributed by atoms with Gasteiger partial charge in [-0.25, -0.2) is 4.98 Å². The molecule has 0 saturated heterocycles. The van der Waals surface area contributed by atoms with Crippen molar-refractivity contribution < 1.29 is 19.0 Å². The average Bonchev–Trinajstić information content (AvgIpc) is 2.85. The molecule has 3 rings (SSSR count). The van der Waals surface area contributed by atoms with Gasteiger partial charge in [0.2, 0.25) is 11.7 Å². The smallest absolute Gasteiger partial charge is 0.251 e.